The Morgan fingerprint density at radius 1 is 1.09 bits per heavy atom. The molecule has 0 heteroatoms. The molecule has 2 aliphatic carbocycles. The number of hydrogen-bond donors (Lipinski definition) is 0. The van der Waals surface area contributed by atoms with Gasteiger partial charge >= 0.3 is 0 Å². The molecule has 3 atom stereocenters. The van der Waals surface area contributed by atoms with Crippen LogP contribution in [-0.2, 0) is 0 Å². The van der Waals surface area contributed by atoms with Gasteiger partial charge in [0, 0.05) is 0 Å². The standard InChI is InChI=1S/C11H20/c1-8-5-11(4)6-9(8)10(2,3)7-11/h8-9H,5-7H2,1-4H3/t8-,9?,11?/m1/s1. The smallest absolute Gasteiger partial charge is 0.0315 e. The Labute approximate surface area is 70.4 Å². The molecule has 0 aliphatic heterocycles. The molecule has 0 saturated heterocycles. The van der Waals surface area contributed by atoms with Gasteiger partial charge in [-0.05, 0) is 41.9 Å². The summed E-state index contributed by atoms with van der Waals surface area (Å²) in [6.45, 7) is 9.84. The molecular weight excluding hydrogens is 132 g/mol. The van der Waals surface area contributed by atoms with Crippen molar-refractivity contribution in [1.82, 2.24) is 0 Å². The summed E-state index contributed by atoms with van der Waals surface area (Å²) < 4.78 is 0. The van der Waals surface area contributed by atoms with E-state index >= 15 is 0 Å². The zero-order valence-electron chi connectivity index (χ0n) is 8.28. The summed E-state index contributed by atoms with van der Waals surface area (Å²) in [6, 6.07) is 0. The Hall–Kier alpha value is 0. The lowest BCUT2D eigenvalue weighted by atomic mass is 9.69. The van der Waals surface area contributed by atoms with Crippen molar-refractivity contribution in [1.29, 1.82) is 0 Å². The molecule has 2 fully saturated rings. The molecule has 2 saturated carbocycles. The van der Waals surface area contributed by atoms with E-state index in [1.165, 1.54) is 19.3 Å². The molecule has 0 N–H and O–H groups in total. The van der Waals surface area contributed by atoms with Gasteiger partial charge in [0.05, 0.1) is 0 Å². The van der Waals surface area contributed by atoms with E-state index in [0.717, 1.165) is 11.8 Å². The molecule has 2 rings (SSSR count). The van der Waals surface area contributed by atoms with Crippen molar-refractivity contribution in [3.63, 3.8) is 0 Å². The fraction of sp³-hybridized carbons (Fsp3) is 1.00. The predicted octanol–water partition coefficient (Wildman–Crippen LogP) is 3.47. The minimum Gasteiger partial charge on any atom is -0.0622 e. The second kappa shape index (κ2) is 1.84. The molecule has 2 aliphatic rings. The van der Waals surface area contributed by atoms with Crippen LogP contribution in [0.4, 0.5) is 0 Å². The molecule has 0 aromatic heterocycles. The van der Waals surface area contributed by atoms with Crippen LogP contribution < -0.4 is 0 Å². The van der Waals surface area contributed by atoms with Crippen molar-refractivity contribution in [3.05, 3.63) is 0 Å². The van der Waals surface area contributed by atoms with Crippen LogP contribution in [0.25, 0.3) is 0 Å². The highest BCUT2D eigenvalue weighted by molar-refractivity contribution is 5.04. The molecule has 0 amide bonds. The van der Waals surface area contributed by atoms with Gasteiger partial charge < -0.3 is 0 Å². The zero-order valence-corrected chi connectivity index (χ0v) is 8.28. The van der Waals surface area contributed by atoms with Crippen LogP contribution in [0.3, 0.4) is 0 Å². The normalized spacial score (nSPS) is 53.5. The van der Waals surface area contributed by atoms with E-state index in [1.54, 1.807) is 0 Å². The van der Waals surface area contributed by atoms with E-state index < -0.39 is 0 Å². The van der Waals surface area contributed by atoms with Crippen LogP contribution in [-0.4, -0.2) is 0 Å². The van der Waals surface area contributed by atoms with Crippen LogP contribution in [0.15, 0.2) is 0 Å². The maximum absolute atomic E-state index is 2.48. The molecule has 0 aromatic carbocycles. The lowest BCUT2D eigenvalue weighted by Gasteiger charge is -2.36. The van der Waals surface area contributed by atoms with Gasteiger partial charge in [0.1, 0.15) is 0 Å². The Kier molecular flexibility index (Phi) is 1.28. The summed E-state index contributed by atoms with van der Waals surface area (Å²) >= 11 is 0. The summed E-state index contributed by atoms with van der Waals surface area (Å²) in [5, 5.41) is 0. The summed E-state index contributed by atoms with van der Waals surface area (Å²) in [4.78, 5) is 0. The highest BCUT2D eigenvalue weighted by Gasteiger charge is 2.54. The van der Waals surface area contributed by atoms with E-state index in [2.05, 4.69) is 27.7 Å². The van der Waals surface area contributed by atoms with Gasteiger partial charge in [0.2, 0.25) is 0 Å². The molecule has 0 nitrogen and oxygen atoms in total. The molecule has 2 bridgehead atoms. The van der Waals surface area contributed by atoms with Crippen LogP contribution in [0, 0.1) is 22.7 Å². The SMILES string of the molecule is C[C@@H]1CC2(C)CC1C(C)(C)C2. The molecule has 0 spiro atoms. The van der Waals surface area contributed by atoms with Gasteiger partial charge in [-0.1, -0.05) is 27.7 Å². The van der Waals surface area contributed by atoms with E-state index in [1.807, 2.05) is 0 Å². The Morgan fingerprint density at radius 2 is 1.73 bits per heavy atom. The van der Waals surface area contributed by atoms with Crippen molar-refractivity contribution in [2.75, 3.05) is 0 Å². The van der Waals surface area contributed by atoms with E-state index in [9.17, 15) is 0 Å². The van der Waals surface area contributed by atoms with Gasteiger partial charge in [-0.15, -0.1) is 0 Å². The Morgan fingerprint density at radius 3 is 2.00 bits per heavy atom. The summed E-state index contributed by atoms with van der Waals surface area (Å²) in [6.07, 6.45) is 4.46. The maximum atomic E-state index is 2.48. The molecule has 11 heavy (non-hydrogen) atoms. The highest BCUT2D eigenvalue weighted by atomic mass is 14.6. The van der Waals surface area contributed by atoms with Crippen molar-refractivity contribution < 1.29 is 0 Å². The summed E-state index contributed by atoms with van der Waals surface area (Å²) in [7, 11) is 0. The van der Waals surface area contributed by atoms with Crippen LogP contribution >= 0.6 is 0 Å². The Balaban J connectivity index is 2.28. The first-order valence-electron chi connectivity index (χ1n) is 4.93. The largest absolute Gasteiger partial charge is 0.0622 e. The monoisotopic (exact) mass is 152 g/mol. The number of hydrogen-bond acceptors (Lipinski definition) is 0. The number of rotatable bonds is 0. The molecule has 0 heterocycles. The van der Waals surface area contributed by atoms with E-state index in [4.69, 9.17) is 0 Å². The highest BCUT2D eigenvalue weighted by Crippen LogP contribution is 2.64. The first kappa shape index (κ1) is 7.64. The molecular formula is C11H20. The fourth-order valence-electron chi connectivity index (χ4n) is 4.16. The minimum absolute atomic E-state index is 0.645. The van der Waals surface area contributed by atoms with Crippen molar-refractivity contribution in [2.45, 2.75) is 47.0 Å². The third-order valence-electron chi connectivity index (χ3n) is 4.10. The lowest BCUT2D eigenvalue weighted by molar-refractivity contribution is 0.132. The predicted molar refractivity (Wildman–Crippen MR) is 48.4 cm³/mol. The number of fused-ring (bicyclic) bond motifs is 2. The van der Waals surface area contributed by atoms with Crippen LogP contribution in [0.2, 0.25) is 0 Å². The van der Waals surface area contributed by atoms with Crippen molar-refractivity contribution in [3.8, 4) is 0 Å². The fourth-order valence-corrected chi connectivity index (χ4v) is 4.16. The molecule has 2 unspecified atom stereocenters. The third-order valence-corrected chi connectivity index (χ3v) is 4.10. The summed E-state index contributed by atoms with van der Waals surface area (Å²) in [5.41, 5.74) is 1.36. The topological polar surface area (TPSA) is 0 Å². The van der Waals surface area contributed by atoms with E-state index in [-0.39, 0.29) is 0 Å². The summed E-state index contributed by atoms with van der Waals surface area (Å²) in [5.74, 6) is 2.01. The zero-order chi connectivity index (χ0) is 8.28. The molecule has 0 radical (unpaired) electrons. The Bertz CT molecular complexity index is 178. The van der Waals surface area contributed by atoms with Gasteiger partial charge in [-0.25, -0.2) is 0 Å². The second-order valence-corrected chi connectivity index (χ2v) is 5.97. The van der Waals surface area contributed by atoms with Gasteiger partial charge in [-0.2, -0.15) is 0 Å². The van der Waals surface area contributed by atoms with Crippen LogP contribution in [0.1, 0.15) is 47.0 Å². The average molecular weight is 152 g/mol. The van der Waals surface area contributed by atoms with E-state index in [0.29, 0.717) is 10.8 Å². The first-order valence-corrected chi connectivity index (χ1v) is 4.93. The minimum atomic E-state index is 0.645. The first-order chi connectivity index (χ1) is 4.93. The quantitative estimate of drug-likeness (QED) is 0.498. The third kappa shape index (κ3) is 0.947. The van der Waals surface area contributed by atoms with Gasteiger partial charge in [0.15, 0.2) is 0 Å². The van der Waals surface area contributed by atoms with Gasteiger partial charge in [-0.3, -0.25) is 0 Å². The van der Waals surface area contributed by atoms with Crippen LogP contribution in [0.5, 0.6) is 0 Å². The molecule has 64 valence electrons. The van der Waals surface area contributed by atoms with Gasteiger partial charge in [0.25, 0.3) is 0 Å². The van der Waals surface area contributed by atoms with Crippen molar-refractivity contribution >= 4 is 0 Å². The maximum Gasteiger partial charge on any atom is -0.0315 e. The van der Waals surface area contributed by atoms with Crippen molar-refractivity contribution in [2.24, 2.45) is 22.7 Å². The second-order valence-electron chi connectivity index (χ2n) is 5.97. The molecule has 0 aromatic rings. The lowest BCUT2D eigenvalue weighted by Crippen LogP contribution is -2.28. The average Bonchev–Trinajstić information content (AvgIpc) is 2.13.